The highest BCUT2D eigenvalue weighted by Crippen LogP contribution is 2.20. The van der Waals surface area contributed by atoms with E-state index in [-0.39, 0.29) is 11.7 Å². The van der Waals surface area contributed by atoms with E-state index in [0.717, 1.165) is 10.7 Å². The maximum atomic E-state index is 10.8. The predicted molar refractivity (Wildman–Crippen MR) is 67.9 cm³/mol. The number of aromatic carboxylic acids is 1. The summed E-state index contributed by atoms with van der Waals surface area (Å²) in [4.78, 5) is 22.9. The van der Waals surface area contributed by atoms with Crippen LogP contribution in [0.3, 0.4) is 0 Å². The third-order valence-electron chi connectivity index (χ3n) is 2.23. The second-order valence-corrected chi connectivity index (χ2v) is 4.68. The van der Waals surface area contributed by atoms with Gasteiger partial charge in [-0.15, -0.1) is 11.3 Å². The van der Waals surface area contributed by atoms with Crippen LogP contribution in [-0.2, 0) is 0 Å². The van der Waals surface area contributed by atoms with Gasteiger partial charge in [0, 0.05) is 11.1 Å². The molecule has 0 spiro atoms. The molecule has 7 heteroatoms. The van der Waals surface area contributed by atoms with E-state index < -0.39 is 5.97 Å². The van der Waals surface area contributed by atoms with E-state index in [2.05, 4.69) is 20.3 Å². The summed E-state index contributed by atoms with van der Waals surface area (Å²) in [7, 11) is 0. The first kappa shape index (κ1) is 12.4. The molecule has 0 saturated heterocycles. The molecule has 1 unspecified atom stereocenters. The van der Waals surface area contributed by atoms with Crippen LogP contribution in [-0.4, -0.2) is 26.0 Å². The fourth-order valence-corrected chi connectivity index (χ4v) is 2.20. The van der Waals surface area contributed by atoms with Crippen molar-refractivity contribution in [2.24, 2.45) is 0 Å². The van der Waals surface area contributed by atoms with Crippen LogP contribution >= 0.6 is 11.3 Å². The van der Waals surface area contributed by atoms with Gasteiger partial charge in [-0.25, -0.2) is 14.8 Å². The molecule has 0 aromatic carbocycles. The summed E-state index contributed by atoms with van der Waals surface area (Å²) in [6.45, 7) is 3.87. The minimum Gasteiger partial charge on any atom is -0.476 e. The molecule has 2 heterocycles. The van der Waals surface area contributed by atoms with Crippen LogP contribution in [0.15, 0.2) is 17.8 Å². The maximum absolute atomic E-state index is 10.8. The Labute approximate surface area is 108 Å². The van der Waals surface area contributed by atoms with Crippen LogP contribution in [0, 0.1) is 6.92 Å². The first-order chi connectivity index (χ1) is 8.56. The standard InChI is InChI=1S/C11H12N4O2S/c1-6-5-18-10(13-6)7(2)14-9-4-12-3-8(15-9)11(16)17/h3-5,7H,1-2H3,(H,14,15)(H,16,17). The number of hydrogen-bond donors (Lipinski definition) is 2. The summed E-state index contributed by atoms with van der Waals surface area (Å²) in [5.74, 6) is -0.667. The third-order valence-corrected chi connectivity index (χ3v) is 3.37. The lowest BCUT2D eigenvalue weighted by Gasteiger charge is -2.11. The Kier molecular flexibility index (Phi) is 3.52. The first-order valence-electron chi connectivity index (χ1n) is 5.30. The number of hydrogen-bond acceptors (Lipinski definition) is 6. The van der Waals surface area contributed by atoms with E-state index in [4.69, 9.17) is 5.11 Å². The summed E-state index contributed by atoms with van der Waals surface area (Å²) >= 11 is 1.55. The fraction of sp³-hybridized carbons (Fsp3) is 0.273. The zero-order valence-corrected chi connectivity index (χ0v) is 10.7. The monoisotopic (exact) mass is 264 g/mol. The highest BCUT2D eigenvalue weighted by molar-refractivity contribution is 7.09. The van der Waals surface area contributed by atoms with Gasteiger partial charge in [-0.2, -0.15) is 0 Å². The number of thiazole rings is 1. The van der Waals surface area contributed by atoms with Gasteiger partial charge in [-0.05, 0) is 13.8 Å². The molecule has 18 heavy (non-hydrogen) atoms. The van der Waals surface area contributed by atoms with Gasteiger partial charge in [-0.1, -0.05) is 0 Å². The predicted octanol–water partition coefficient (Wildman–Crippen LogP) is 2.11. The Morgan fingerprint density at radius 1 is 1.44 bits per heavy atom. The van der Waals surface area contributed by atoms with Crippen molar-refractivity contribution in [3.05, 3.63) is 34.2 Å². The second kappa shape index (κ2) is 5.09. The summed E-state index contributed by atoms with van der Waals surface area (Å²) in [6.07, 6.45) is 2.70. The maximum Gasteiger partial charge on any atom is 0.356 e. The molecule has 0 amide bonds. The van der Waals surface area contributed by atoms with Crippen LogP contribution in [0.5, 0.6) is 0 Å². The lowest BCUT2D eigenvalue weighted by Crippen LogP contribution is -2.10. The van der Waals surface area contributed by atoms with E-state index in [1.54, 1.807) is 11.3 Å². The van der Waals surface area contributed by atoms with Crippen LogP contribution < -0.4 is 5.32 Å². The van der Waals surface area contributed by atoms with Crippen LogP contribution in [0.25, 0.3) is 0 Å². The van der Waals surface area contributed by atoms with Gasteiger partial charge in [-0.3, -0.25) is 4.98 Å². The van der Waals surface area contributed by atoms with Gasteiger partial charge in [0.05, 0.1) is 18.4 Å². The minimum absolute atomic E-state index is 0.0398. The number of aromatic nitrogens is 3. The van der Waals surface area contributed by atoms with Crippen molar-refractivity contribution in [3.8, 4) is 0 Å². The topological polar surface area (TPSA) is 88.0 Å². The average Bonchev–Trinajstić information content (AvgIpc) is 2.76. The van der Waals surface area contributed by atoms with Gasteiger partial charge >= 0.3 is 5.97 Å². The summed E-state index contributed by atoms with van der Waals surface area (Å²) in [5.41, 5.74) is 0.886. The molecule has 2 aromatic heterocycles. The van der Waals surface area contributed by atoms with Gasteiger partial charge in [0.15, 0.2) is 5.69 Å². The average molecular weight is 264 g/mol. The van der Waals surface area contributed by atoms with Crippen molar-refractivity contribution in [1.29, 1.82) is 0 Å². The smallest absolute Gasteiger partial charge is 0.356 e. The molecular formula is C11H12N4O2S. The van der Waals surface area contributed by atoms with Crippen molar-refractivity contribution >= 4 is 23.1 Å². The van der Waals surface area contributed by atoms with Crippen LogP contribution in [0.4, 0.5) is 5.82 Å². The number of rotatable bonds is 4. The van der Waals surface area contributed by atoms with Crippen LogP contribution in [0.1, 0.15) is 34.2 Å². The van der Waals surface area contributed by atoms with Gasteiger partial charge in [0.2, 0.25) is 0 Å². The molecule has 0 fully saturated rings. The molecule has 6 nitrogen and oxygen atoms in total. The van der Waals surface area contributed by atoms with Gasteiger partial charge in [0.1, 0.15) is 10.8 Å². The number of nitrogens with zero attached hydrogens (tertiary/aromatic N) is 3. The summed E-state index contributed by atoms with van der Waals surface area (Å²) < 4.78 is 0. The Morgan fingerprint density at radius 2 is 2.22 bits per heavy atom. The Bertz CT molecular complexity index is 570. The highest BCUT2D eigenvalue weighted by atomic mass is 32.1. The molecule has 0 saturated carbocycles. The van der Waals surface area contributed by atoms with E-state index in [1.807, 2.05) is 19.2 Å². The number of carbonyl (C=O) groups is 1. The molecule has 0 aliphatic heterocycles. The Balaban J connectivity index is 2.14. The van der Waals surface area contributed by atoms with E-state index >= 15 is 0 Å². The molecule has 94 valence electrons. The summed E-state index contributed by atoms with van der Waals surface area (Å²) in [5, 5.41) is 14.8. The van der Waals surface area contributed by atoms with Crippen molar-refractivity contribution in [3.63, 3.8) is 0 Å². The zero-order chi connectivity index (χ0) is 13.1. The van der Waals surface area contributed by atoms with Gasteiger partial charge < -0.3 is 10.4 Å². The number of nitrogens with one attached hydrogen (secondary N) is 1. The molecular weight excluding hydrogens is 252 g/mol. The normalized spacial score (nSPS) is 12.1. The number of carboxylic acid groups (broad SMARTS) is 1. The largest absolute Gasteiger partial charge is 0.476 e. The summed E-state index contributed by atoms with van der Waals surface area (Å²) in [6, 6.07) is -0.0398. The lowest BCUT2D eigenvalue weighted by molar-refractivity contribution is 0.0690. The molecule has 2 aromatic rings. The quantitative estimate of drug-likeness (QED) is 0.879. The minimum atomic E-state index is -1.09. The molecule has 0 aliphatic rings. The first-order valence-corrected chi connectivity index (χ1v) is 6.18. The molecule has 1 atom stereocenters. The van der Waals surface area contributed by atoms with Crippen molar-refractivity contribution in [2.45, 2.75) is 19.9 Å². The Morgan fingerprint density at radius 3 is 2.83 bits per heavy atom. The van der Waals surface area contributed by atoms with Crippen molar-refractivity contribution in [1.82, 2.24) is 15.0 Å². The van der Waals surface area contributed by atoms with E-state index in [0.29, 0.717) is 5.82 Å². The fourth-order valence-electron chi connectivity index (χ4n) is 1.39. The number of carboxylic acids is 1. The second-order valence-electron chi connectivity index (χ2n) is 3.79. The van der Waals surface area contributed by atoms with Gasteiger partial charge in [0.25, 0.3) is 0 Å². The number of anilines is 1. The Hall–Kier alpha value is -2.02. The molecule has 0 aliphatic carbocycles. The zero-order valence-electron chi connectivity index (χ0n) is 9.91. The number of aryl methyl sites for hydroxylation is 1. The molecule has 0 radical (unpaired) electrons. The molecule has 0 bridgehead atoms. The van der Waals surface area contributed by atoms with E-state index in [9.17, 15) is 4.79 Å². The van der Waals surface area contributed by atoms with Crippen LogP contribution in [0.2, 0.25) is 0 Å². The SMILES string of the molecule is Cc1csc(C(C)Nc2cncc(C(=O)O)n2)n1. The lowest BCUT2D eigenvalue weighted by atomic mass is 10.3. The highest BCUT2D eigenvalue weighted by Gasteiger charge is 2.11. The third kappa shape index (κ3) is 2.80. The van der Waals surface area contributed by atoms with Crippen molar-refractivity contribution in [2.75, 3.05) is 5.32 Å². The molecule has 2 N–H and O–H groups in total. The molecule has 2 rings (SSSR count). The van der Waals surface area contributed by atoms with Crippen molar-refractivity contribution < 1.29 is 9.90 Å². The van der Waals surface area contributed by atoms with E-state index in [1.165, 1.54) is 12.4 Å².